The maximum atomic E-state index is 12.4. The molecule has 1 unspecified atom stereocenters. The van der Waals surface area contributed by atoms with Gasteiger partial charge in [0, 0.05) is 12.6 Å². The van der Waals surface area contributed by atoms with Crippen LogP contribution in [0, 0.1) is 5.92 Å². The summed E-state index contributed by atoms with van der Waals surface area (Å²) in [6.45, 7) is -0.0134. The van der Waals surface area contributed by atoms with Crippen LogP contribution in [0.2, 0.25) is 0 Å². The minimum absolute atomic E-state index is 0.0309. The summed E-state index contributed by atoms with van der Waals surface area (Å²) >= 11 is 0. The van der Waals surface area contributed by atoms with Gasteiger partial charge in [-0.2, -0.15) is 0 Å². The first kappa shape index (κ1) is 16.8. The van der Waals surface area contributed by atoms with Crippen molar-refractivity contribution in [2.24, 2.45) is 5.92 Å². The second-order valence-corrected chi connectivity index (χ2v) is 6.51. The molecule has 1 aliphatic rings. The second kappa shape index (κ2) is 7.66. The summed E-state index contributed by atoms with van der Waals surface area (Å²) < 4.78 is 6.50. The summed E-state index contributed by atoms with van der Waals surface area (Å²) in [5, 5.41) is 12.3. The smallest absolute Gasteiger partial charge is 0.408 e. The van der Waals surface area contributed by atoms with Gasteiger partial charge in [-0.1, -0.05) is 31.4 Å². The van der Waals surface area contributed by atoms with Crippen LogP contribution in [-0.4, -0.2) is 28.2 Å². The normalized spacial score (nSPS) is 17.0. The predicted octanol–water partition coefficient (Wildman–Crippen LogP) is 2.04. The number of amides is 1. The van der Waals surface area contributed by atoms with Gasteiger partial charge in [0.05, 0.1) is 5.52 Å². The number of oxazole rings is 1. The monoisotopic (exact) mass is 332 g/mol. The number of rotatable bonds is 6. The van der Waals surface area contributed by atoms with Gasteiger partial charge in [0.25, 0.3) is 0 Å². The van der Waals surface area contributed by atoms with Crippen molar-refractivity contribution in [2.75, 3.05) is 6.61 Å². The van der Waals surface area contributed by atoms with Crippen LogP contribution in [0.1, 0.15) is 38.5 Å². The van der Waals surface area contributed by atoms with Gasteiger partial charge < -0.3 is 14.8 Å². The van der Waals surface area contributed by atoms with Crippen LogP contribution in [0.4, 0.5) is 0 Å². The van der Waals surface area contributed by atoms with Crippen molar-refractivity contribution < 1.29 is 14.3 Å². The Labute approximate surface area is 140 Å². The highest BCUT2D eigenvalue weighted by atomic mass is 16.4. The molecule has 6 nitrogen and oxygen atoms in total. The van der Waals surface area contributed by atoms with Gasteiger partial charge in [-0.15, -0.1) is 0 Å². The molecule has 1 aromatic heterocycles. The van der Waals surface area contributed by atoms with E-state index < -0.39 is 5.76 Å². The Kier molecular flexibility index (Phi) is 5.35. The molecule has 0 saturated heterocycles. The molecule has 130 valence electrons. The summed E-state index contributed by atoms with van der Waals surface area (Å²) in [7, 11) is 0. The molecule has 1 saturated carbocycles. The average Bonchev–Trinajstić information content (AvgIpc) is 2.91. The molecule has 2 aromatic rings. The van der Waals surface area contributed by atoms with E-state index >= 15 is 0 Å². The Balaban J connectivity index is 1.70. The molecule has 0 spiro atoms. The summed E-state index contributed by atoms with van der Waals surface area (Å²) in [4.78, 5) is 24.4. The fraction of sp³-hybridized carbons (Fsp3) is 0.556. The van der Waals surface area contributed by atoms with E-state index in [0.29, 0.717) is 23.4 Å². The van der Waals surface area contributed by atoms with Crippen molar-refractivity contribution in [1.82, 2.24) is 9.88 Å². The van der Waals surface area contributed by atoms with Gasteiger partial charge in [-0.3, -0.25) is 9.36 Å². The highest BCUT2D eigenvalue weighted by molar-refractivity contribution is 5.79. The molecular weight excluding hydrogens is 308 g/mol. The average molecular weight is 332 g/mol. The minimum Gasteiger partial charge on any atom is -0.408 e. The zero-order valence-electron chi connectivity index (χ0n) is 13.7. The van der Waals surface area contributed by atoms with E-state index in [1.807, 2.05) is 6.07 Å². The summed E-state index contributed by atoms with van der Waals surface area (Å²) in [6, 6.07) is 7.04. The lowest BCUT2D eigenvalue weighted by Gasteiger charge is -2.30. The number of aromatic nitrogens is 1. The van der Waals surface area contributed by atoms with Crippen LogP contribution in [-0.2, 0) is 11.3 Å². The lowest BCUT2D eigenvalue weighted by atomic mass is 9.82. The molecule has 1 heterocycles. The first-order valence-corrected chi connectivity index (χ1v) is 8.67. The Morgan fingerprint density at radius 1 is 1.29 bits per heavy atom. The molecule has 1 aliphatic carbocycles. The number of carbonyl (C=O) groups is 1. The molecule has 0 radical (unpaired) electrons. The molecule has 24 heavy (non-hydrogen) atoms. The zero-order valence-corrected chi connectivity index (χ0v) is 13.7. The van der Waals surface area contributed by atoms with Crippen LogP contribution < -0.4 is 11.1 Å². The van der Waals surface area contributed by atoms with Crippen LogP contribution in [0.5, 0.6) is 0 Å². The number of nitrogens with zero attached hydrogens (tertiary/aromatic N) is 1. The van der Waals surface area contributed by atoms with E-state index in [0.717, 1.165) is 12.8 Å². The first-order chi connectivity index (χ1) is 11.7. The van der Waals surface area contributed by atoms with Gasteiger partial charge in [0.15, 0.2) is 5.58 Å². The van der Waals surface area contributed by atoms with Crippen LogP contribution in [0.3, 0.4) is 0 Å². The summed E-state index contributed by atoms with van der Waals surface area (Å²) in [5.74, 6) is -0.330. The number of hydrogen-bond acceptors (Lipinski definition) is 4. The number of benzene rings is 1. The molecule has 2 N–H and O–H groups in total. The first-order valence-electron chi connectivity index (χ1n) is 8.67. The maximum Gasteiger partial charge on any atom is 0.420 e. The number of carbonyl (C=O) groups excluding carboxylic acids is 1. The number of aliphatic hydroxyl groups is 1. The standard InChI is InChI=1S/C18H24N2O4/c21-11-10-14(13-6-2-1-3-7-13)19-17(22)12-20-15-8-4-5-9-16(15)24-18(20)23/h4-5,8-9,13-14,21H,1-3,6-7,10-12H2,(H,19,22). The second-order valence-electron chi connectivity index (χ2n) is 6.51. The van der Waals surface area contributed by atoms with Crippen molar-refractivity contribution in [3.63, 3.8) is 0 Å². The minimum atomic E-state index is -0.525. The maximum absolute atomic E-state index is 12.4. The Morgan fingerprint density at radius 3 is 2.79 bits per heavy atom. The van der Waals surface area contributed by atoms with Crippen LogP contribution >= 0.6 is 0 Å². The van der Waals surface area contributed by atoms with E-state index in [4.69, 9.17) is 4.42 Å². The summed E-state index contributed by atoms with van der Waals surface area (Å²) in [5.41, 5.74) is 1.10. The number of fused-ring (bicyclic) bond motifs is 1. The highest BCUT2D eigenvalue weighted by Gasteiger charge is 2.25. The van der Waals surface area contributed by atoms with Gasteiger partial charge in [-0.25, -0.2) is 4.79 Å². The Morgan fingerprint density at radius 2 is 2.04 bits per heavy atom. The van der Waals surface area contributed by atoms with E-state index in [1.165, 1.54) is 23.8 Å². The number of aliphatic hydroxyl groups excluding tert-OH is 1. The molecule has 0 aliphatic heterocycles. The van der Waals surface area contributed by atoms with Gasteiger partial charge in [0.2, 0.25) is 5.91 Å². The molecule has 6 heteroatoms. The van der Waals surface area contributed by atoms with Gasteiger partial charge in [-0.05, 0) is 37.3 Å². The Bertz CT molecular complexity index is 743. The molecule has 1 fully saturated rings. The van der Waals surface area contributed by atoms with Crippen molar-refractivity contribution in [3.05, 3.63) is 34.8 Å². The van der Waals surface area contributed by atoms with Crippen molar-refractivity contribution in [3.8, 4) is 0 Å². The van der Waals surface area contributed by atoms with Crippen LogP contribution in [0.15, 0.2) is 33.5 Å². The predicted molar refractivity (Wildman–Crippen MR) is 90.7 cm³/mol. The molecule has 3 rings (SSSR count). The number of nitrogens with one attached hydrogen (secondary N) is 1. The molecular formula is C18H24N2O4. The fourth-order valence-corrected chi connectivity index (χ4v) is 3.66. The highest BCUT2D eigenvalue weighted by Crippen LogP contribution is 2.27. The van der Waals surface area contributed by atoms with E-state index in [1.54, 1.807) is 18.2 Å². The van der Waals surface area contributed by atoms with Crippen molar-refractivity contribution >= 4 is 17.0 Å². The molecule has 1 amide bonds. The lowest BCUT2D eigenvalue weighted by Crippen LogP contribution is -2.43. The number of hydrogen-bond donors (Lipinski definition) is 2. The van der Waals surface area contributed by atoms with E-state index in [9.17, 15) is 14.7 Å². The van der Waals surface area contributed by atoms with Crippen molar-refractivity contribution in [2.45, 2.75) is 51.1 Å². The number of para-hydroxylation sites is 2. The third-order valence-corrected chi connectivity index (χ3v) is 4.88. The van der Waals surface area contributed by atoms with Gasteiger partial charge >= 0.3 is 5.76 Å². The topological polar surface area (TPSA) is 84.5 Å². The van der Waals surface area contributed by atoms with E-state index in [-0.39, 0.29) is 25.1 Å². The lowest BCUT2D eigenvalue weighted by molar-refractivity contribution is -0.123. The third kappa shape index (κ3) is 3.70. The van der Waals surface area contributed by atoms with Gasteiger partial charge in [0.1, 0.15) is 6.54 Å². The van der Waals surface area contributed by atoms with Crippen LogP contribution in [0.25, 0.3) is 11.1 Å². The SMILES string of the molecule is O=C(Cn1c(=O)oc2ccccc21)NC(CCO)C1CCCCC1. The molecule has 0 bridgehead atoms. The fourth-order valence-electron chi connectivity index (χ4n) is 3.66. The largest absolute Gasteiger partial charge is 0.420 e. The Hall–Kier alpha value is -2.08. The zero-order chi connectivity index (χ0) is 16.9. The summed E-state index contributed by atoms with van der Waals surface area (Å²) in [6.07, 6.45) is 6.31. The van der Waals surface area contributed by atoms with Crippen molar-refractivity contribution in [1.29, 1.82) is 0 Å². The molecule has 1 atom stereocenters. The third-order valence-electron chi connectivity index (χ3n) is 4.88. The quantitative estimate of drug-likeness (QED) is 0.848. The molecule has 1 aromatic carbocycles. The van der Waals surface area contributed by atoms with E-state index in [2.05, 4.69) is 5.32 Å².